The van der Waals surface area contributed by atoms with Gasteiger partial charge in [-0.3, -0.25) is 4.79 Å². The van der Waals surface area contributed by atoms with Crippen molar-refractivity contribution in [3.8, 4) is 5.88 Å². The summed E-state index contributed by atoms with van der Waals surface area (Å²) in [5.74, 6) is -0.863. The van der Waals surface area contributed by atoms with E-state index in [-0.39, 0.29) is 11.4 Å². The Balaban J connectivity index is 2.39. The first-order chi connectivity index (χ1) is 10.0. The van der Waals surface area contributed by atoms with E-state index in [4.69, 9.17) is 4.74 Å². The lowest BCUT2D eigenvalue weighted by molar-refractivity contribution is 0.102. The third kappa shape index (κ3) is 3.10. The van der Waals surface area contributed by atoms with Crippen molar-refractivity contribution in [3.63, 3.8) is 0 Å². The molecule has 0 saturated heterocycles. The van der Waals surface area contributed by atoms with Gasteiger partial charge in [-0.25, -0.2) is 9.37 Å². The third-order valence-electron chi connectivity index (χ3n) is 2.93. The number of nitrogens with zero attached hydrogens (tertiary/aromatic N) is 2. The summed E-state index contributed by atoms with van der Waals surface area (Å²) in [4.78, 5) is 18.1. The maximum absolute atomic E-state index is 13.7. The van der Waals surface area contributed by atoms with Gasteiger partial charge in [-0.1, -0.05) is 12.1 Å². The van der Waals surface area contributed by atoms with Crippen LogP contribution in [0.4, 0.5) is 15.8 Å². The van der Waals surface area contributed by atoms with E-state index in [1.54, 1.807) is 23.2 Å². The highest BCUT2D eigenvalue weighted by molar-refractivity contribution is 6.06. The zero-order chi connectivity index (χ0) is 15.4. The topological polar surface area (TPSA) is 54.5 Å². The third-order valence-corrected chi connectivity index (χ3v) is 2.93. The molecular formula is C15H16FN3O2. The van der Waals surface area contributed by atoms with Gasteiger partial charge in [0.15, 0.2) is 0 Å². The van der Waals surface area contributed by atoms with Gasteiger partial charge in [0.25, 0.3) is 5.91 Å². The van der Waals surface area contributed by atoms with Crippen LogP contribution in [-0.2, 0) is 0 Å². The molecule has 1 aromatic heterocycles. The molecule has 0 aliphatic carbocycles. The molecule has 0 atom stereocenters. The summed E-state index contributed by atoms with van der Waals surface area (Å²) >= 11 is 0. The average Bonchev–Trinajstić information content (AvgIpc) is 2.47. The van der Waals surface area contributed by atoms with Crippen LogP contribution in [0.25, 0.3) is 0 Å². The maximum atomic E-state index is 13.7. The number of carbonyl (C=O) groups excluding carboxylic acids is 1. The molecule has 0 saturated carbocycles. The molecule has 21 heavy (non-hydrogen) atoms. The summed E-state index contributed by atoms with van der Waals surface area (Å²) < 4.78 is 18.8. The fraction of sp³-hybridized carbons (Fsp3) is 0.200. The smallest absolute Gasteiger partial charge is 0.258 e. The van der Waals surface area contributed by atoms with Crippen molar-refractivity contribution < 1.29 is 13.9 Å². The van der Waals surface area contributed by atoms with Gasteiger partial charge in [0.1, 0.15) is 11.5 Å². The van der Waals surface area contributed by atoms with E-state index in [1.165, 1.54) is 25.3 Å². The number of amides is 1. The number of rotatable bonds is 4. The molecule has 6 heteroatoms. The zero-order valence-corrected chi connectivity index (χ0v) is 12.1. The summed E-state index contributed by atoms with van der Waals surface area (Å²) in [5.41, 5.74) is 1.08. The predicted octanol–water partition coefficient (Wildman–Crippen LogP) is 2.55. The van der Waals surface area contributed by atoms with Gasteiger partial charge < -0.3 is 15.0 Å². The number of hydrogen-bond donors (Lipinski definition) is 1. The predicted molar refractivity (Wildman–Crippen MR) is 79.5 cm³/mol. The monoisotopic (exact) mass is 289 g/mol. The largest absolute Gasteiger partial charge is 0.479 e. The van der Waals surface area contributed by atoms with Crippen molar-refractivity contribution in [2.75, 3.05) is 31.4 Å². The van der Waals surface area contributed by atoms with E-state index in [2.05, 4.69) is 10.3 Å². The van der Waals surface area contributed by atoms with Crippen LogP contribution in [0.3, 0.4) is 0 Å². The molecule has 0 aliphatic rings. The SMILES string of the molecule is COc1nccc(N(C)C)c1NC(=O)c1ccccc1F. The standard InChI is InChI=1S/C15H16FN3O2/c1-19(2)12-8-9-17-15(21-3)13(12)18-14(20)10-6-4-5-7-11(10)16/h4-9H,1-3H3,(H,18,20). The number of benzene rings is 1. The van der Waals surface area contributed by atoms with Crippen LogP contribution < -0.4 is 15.0 Å². The minimum Gasteiger partial charge on any atom is -0.479 e. The number of ether oxygens (including phenoxy) is 1. The van der Waals surface area contributed by atoms with E-state index in [0.717, 1.165) is 0 Å². The molecule has 2 rings (SSSR count). The molecule has 0 unspecified atom stereocenters. The molecule has 1 amide bonds. The van der Waals surface area contributed by atoms with Crippen LogP contribution in [0.5, 0.6) is 5.88 Å². The lowest BCUT2D eigenvalue weighted by Crippen LogP contribution is -2.18. The Hall–Kier alpha value is -2.63. The Labute approximate surface area is 122 Å². The Bertz CT molecular complexity index is 659. The average molecular weight is 289 g/mol. The fourth-order valence-electron chi connectivity index (χ4n) is 1.90. The van der Waals surface area contributed by atoms with Gasteiger partial charge in [0.05, 0.1) is 18.4 Å². The number of methoxy groups -OCH3 is 1. The summed E-state index contributed by atoms with van der Waals surface area (Å²) in [6.45, 7) is 0. The molecule has 0 radical (unpaired) electrons. The first-order valence-electron chi connectivity index (χ1n) is 6.30. The second-order valence-corrected chi connectivity index (χ2v) is 4.54. The minimum atomic E-state index is -0.579. The highest BCUT2D eigenvalue weighted by Crippen LogP contribution is 2.32. The number of halogens is 1. The number of nitrogens with one attached hydrogen (secondary N) is 1. The molecule has 1 aromatic carbocycles. The number of aromatic nitrogens is 1. The molecule has 2 aromatic rings. The van der Waals surface area contributed by atoms with Crippen molar-refractivity contribution in [1.29, 1.82) is 0 Å². The normalized spacial score (nSPS) is 10.1. The van der Waals surface area contributed by atoms with Crippen LogP contribution in [0.1, 0.15) is 10.4 Å². The van der Waals surface area contributed by atoms with Crippen LogP contribution in [0, 0.1) is 5.82 Å². The van der Waals surface area contributed by atoms with Crippen molar-refractivity contribution in [2.24, 2.45) is 0 Å². The van der Waals surface area contributed by atoms with E-state index in [0.29, 0.717) is 11.4 Å². The molecule has 0 aliphatic heterocycles. The molecule has 0 bridgehead atoms. The van der Waals surface area contributed by atoms with E-state index in [9.17, 15) is 9.18 Å². The highest BCUT2D eigenvalue weighted by atomic mass is 19.1. The van der Waals surface area contributed by atoms with Gasteiger partial charge in [-0.05, 0) is 18.2 Å². The Morgan fingerprint density at radius 1 is 1.29 bits per heavy atom. The van der Waals surface area contributed by atoms with E-state index >= 15 is 0 Å². The summed E-state index contributed by atoms with van der Waals surface area (Å²) in [7, 11) is 5.11. The molecule has 1 N–H and O–H groups in total. The molecule has 0 spiro atoms. The Morgan fingerprint density at radius 3 is 2.62 bits per heavy atom. The lowest BCUT2D eigenvalue weighted by Gasteiger charge is -2.19. The lowest BCUT2D eigenvalue weighted by atomic mass is 10.2. The zero-order valence-electron chi connectivity index (χ0n) is 12.1. The molecule has 110 valence electrons. The van der Waals surface area contributed by atoms with Crippen molar-refractivity contribution in [1.82, 2.24) is 4.98 Å². The number of hydrogen-bond acceptors (Lipinski definition) is 4. The second kappa shape index (κ2) is 6.21. The quantitative estimate of drug-likeness (QED) is 0.940. The van der Waals surface area contributed by atoms with Crippen LogP contribution in [0.15, 0.2) is 36.5 Å². The van der Waals surface area contributed by atoms with Gasteiger partial charge in [0.2, 0.25) is 5.88 Å². The van der Waals surface area contributed by atoms with Crippen LogP contribution in [0.2, 0.25) is 0 Å². The van der Waals surface area contributed by atoms with Gasteiger partial charge in [-0.2, -0.15) is 0 Å². The van der Waals surface area contributed by atoms with Crippen molar-refractivity contribution >= 4 is 17.3 Å². The van der Waals surface area contributed by atoms with Crippen molar-refractivity contribution in [3.05, 3.63) is 47.9 Å². The maximum Gasteiger partial charge on any atom is 0.258 e. The summed E-state index contributed by atoms with van der Waals surface area (Å²) in [5, 5.41) is 2.66. The highest BCUT2D eigenvalue weighted by Gasteiger charge is 2.18. The van der Waals surface area contributed by atoms with Gasteiger partial charge in [-0.15, -0.1) is 0 Å². The molecule has 1 heterocycles. The van der Waals surface area contributed by atoms with Crippen LogP contribution >= 0.6 is 0 Å². The number of carbonyl (C=O) groups is 1. The van der Waals surface area contributed by atoms with Gasteiger partial charge in [0, 0.05) is 20.3 Å². The Kier molecular flexibility index (Phi) is 4.37. The fourth-order valence-corrected chi connectivity index (χ4v) is 1.90. The Morgan fingerprint density at radius 2 is 2.00 bits per heavy atom. The summed E-state index contributed by atoms with van der Waals surface area (Å²) in [6, 6.07) is 7.53. The van der Waals surface area contributed by atoms with Crippen LogP contribution in [-0.4, -0.2) is 32.1 Å². The minimum absolute atomic E-state index is 0.0342. The number of anilines is 2. The second-order valence-electron chi connectivity index (χ2n) is 4.54. The van der Waals surface area contributed by atoms with Gasteiger partial charge >= 0.3 is 0 Å². The molecular weight excluding hydrogens is 273 g/mol. The first-order valence-corrected chi connectivity index (χ1v) is 6.30. The molecule has 0 fully saturated rings. The summed E-state index contributed by atoms with van der Waals surface area (Å²) in [6.07, 6.45) is 1.58. The van der Waals surface area contributed by atoms with Crippen molar-refractivity contribution in [2.45, 2.75) is 0 Å². The van der Waals surface area contributed by atoms with E-state index in [1.807, 2.05) is 14.1 Å². The molecule has 5 nitrogen and oxygen atoms in total. The first kappa shape index (κ1) is 14.8. The number of pyridine rings is 1. The van der Waals surface area contributed by atoms with E-state index < -0.39 is 11.7 Å².